The van der Waals surface area contributed by atoms with Gasteiger partial charge in [-0.2, -0.15) is 5.26 Å². The first-order valence-corrected chi connectivity index (χ1v) is 8.54. The van der Waals surface area contributed by atoms with E-state index in [4.69, 9.17) is 5.26 Å². The van der Waals surface area contributed by atoms with Crippen molar-refractivity contribution in [2.24, 2.45) is 5.92 Å². The van der Waals surface area contributed by atoms with E-state index in [0.717, 1.165) is 23.7 Å². The van der Waals surface area contributed by atoms with Crippen LogP contribution in [0.4, 0.5) is 10.7 Å². The molecular weight excluding hydrogens is 302 g/mol. The lowest BCUT2D eigenvalue weighted by Crippen LogP contribution is -2.27. The molecule has 0 aromatic carbocycles. The molecule has 1 atom stereocenters. The van der Waals surface area contributed by atoms with Crippen LogP contribution >= 0.6 is 11.3 Å². The van der Waals surface area contributed by atoms with Gasteiger partial charge in [0.1, 0.15) is 4.21 Å². The molecule has 110 valence electrons. The van der Waals surface area contributed by atoms with Gasteiger partial charge < -0.3 is 4.90 Å². The molecule has 0 aliphatic rings. The van der Waals surface area contributed by atoms with Crippen LogP contribution < -0.4 is 4.90 Å². The van der Waals surface area contributed by atoms with Gasteiger partial charge in [-0.25, -0.2) is 8.42 Å². The second-order valence-electron chi connectivity index (χ2n) is 4.35. The zero-order valence-electron chi connectivity index (χ0n) is 11.4. The molecule has 1 heterocycles. The Morgan fingerprint density at radius 1 is 1.60 bits per heavy atom. The monoisotopic (exact) mass is 317 g/mol. The van der Waals surface area contributed by atoms with Crippen LogP contribution in [0.15, 0.2) is 10.3 Å². The van der Waals surface area contributed by atoms with E-state index in [1.807, 2.05) is 0 Å². The Hall–Kier alpha value is -1.66. The van der Waals surface area contributed by atoms with Crippen molar-refractivity contribution in [1.82, 2.24) is 0 Å². The Kier molecular flexibility index (Phi) is 5.08. The first-order valence-electron chi connectivity index (χ1n) is 5.83. The summed E-state index contributed by atoms with van der Waals surface area (Å²) in [5, 5.41) is 20.2. The van der Waals surface area contributed by atoms with Crippen molar-refractivity contribution in [1.29, 1.82) is 5.26 Å². The maximum absolute atomic E-state index is 11.5. The smallest absolute Gasteiger partial charge is 0.305 e. The molecule has 0 aliphatic heterocycles. The van der Waals surface area contributed by atoms with Crippen LogP contribution in [0.1, 0.15) is 13.8 Å². The highest BCUT2D eigenvalue weighted by Gasteiger charge is 2.27. The molecule has 1 aromatic heterocycles. The molecule has 0 fully saturated rings. The number of hydrogen-bond acceptors (Lipinski definition) is 7. The third kappa shape index (κ3) is 3.68. The third-order valence-electron chi connectivity index (χ3n) is 2.62. The summed E-state index contributed by atoms with van der Waals surface area (Å²) in [6, 6.07) is 3.14. The van der Waals surface area contributed by atoms with E-state index >= 15 is 0 Å². The minimum Gasteiger partial charge on any atom is -0.357 e. The van der Waals surface area contributed by atoms with Gasteiger partial charge in [-0.3, -0.25) is 10.1 Å². The molecule has 0 bridgehead atoms. The van der Waals surface area contributed by atoms with Crippen LogP contribution in [0, 0.1) is 27.4 Å². The number of thiophene rings is 1. The van der Waals surface area contributed by atoms with Crippen LogP contribution in [0.2, 0.25) is 0 Å². The van der Waals surface area contributed by atoms with Gasteiger partial charge in [0.05, 0.1) is 16.9 Å². The minimum atomic E-state index is -3.49. The zero-order chi connectivity index (χ0) is 15.5. The topological polar surface area (TPSA) is 104 Å². The molecule has 0 aliphatic carbocycles. The highest BCUT2D eigenvalue weighted by Crippen LogP contribution is 2.39. The van der Waals surface area contributed by atoms with Crippen molar-refractivity contribution >= 4 is 31.9 Å². The highest BCUT2D eigenvalue weighted by atomic mass is 32.2. The number of nitro groups is 1. The first kappa shape index (κ1) is 16.4. The van der Waals surface area contributed by atoms with Crippen molar-refractivity contribution < 1.29 is 13.3 Å². The van der Waals surface area contributed by atoms with E-state index in [2.05, 4.69) is 6.07 Å². The van der Waals surface area contributed by atoms with Crippen LogP contribution in [0.25, 0.3) is 0 Å². The van der Waals surface area contributed by atoms with Crippen LogP contribution in [0.5, 0.6) is 0 Å². The van der Waals surface area contributed by atoms with Crippen LogP contribution in [0.3, 0.4) is 0 Å². The standard InChI is InChI=1S/C11H15N3O4S2/c1-4-13(7-8(2)6-12)11-9(14(15)16)5-10(19-11)20(3,17)18/h5,8H,4,7H2,1-3H3. The molecule has 0 radical (unpaired) electrons. The largest absolute Gasteiger partial charge is 0.357 e. The summed E-state index contributed by atoms with van der Waals surface area (Å²) < 4.78 is 23.0. The van der Waals surface area contributed by atoms with E-state index in [9.17, 15) is 18.5 Å². The Morgan fingerprint density at radius 2 is 2.20 bits per heavy atom. The fourth-order valence-electron chi connectivity index (χ4n) is 1.62. The van der Waals surface area contributed by atoms with E-state index in [1.54, 1.807) is 18.7 Å². The predicted molar refractivity (Wildman–Crippen MR) is 76.7 cm³/mol. The molecule has 0 spiro atoms. The summed E-state index contributed by atoms with van der Waals surface area (Å²) >= 11 is 0.867. The molecule has 0 saturated heterocycles. The number of anilines is 1. The summed E-state index contributed by atoms with van der Waals surface area (Å²) in [6.07, 6.45) is 1.01. The van der Waals surface area contributed by atoms with Gasteiger partial charge >= 0.3 is 5.69 Å². The highest BCUT2D eigenvalue weighted by molar-refractivity contribution is 7.92. The van der Waals surface area contributed by atoms with E-state index < -0.39 is 14.8 Å². The summed E-state index contributed by atoms with van der Waals surface area (Å²) in [6.45, 7) is 4.28. The van der Waals surface area contributed by atoms with Crippen molar-refractivity contribution in [3.8, 4) is 6.07 Å². The summed E-state index contributed by atoms with van der Waals surface area (Å²) in [5.41, 5.74) is -0.234. The second kappa shape index (κ2) is 6.19. The molecular formula is C11H15N3O4S2. The Bertz CT molecular complexity index is 645. The number of hydrogen-bond donors (Lipinski definition) is 0. The van der Waals surface area contributed by atoms with E-state index in [0.29, 0.717) is 13.1 Å². The van der Waals surface area contributed by atoms with Crippen LogP contribution in [-0.4, -0.2) is 32.7 Å². The Morgan fingerprint density at radius 3 is 2.60 bits per heavy atom. The zero-order valence-corrected chi connectivity index (χ0v) is 13.0. The maximum atomic E-state index is 11.5. The summed E-state index contributed by atoms with van der Waals surface area (Å²) in [7, 11) is -3.49. The first-order chi connectivity index (χ1) is 9.20. The molecule has 0 saturated carbocycles. The molecule has 0 N–H and O–H groups in total. The fourth-order valence-corrected chi connectivity index (χ4v) is 3.72. The maximum Gasteiger partial charge on any atom is 0.305 e. The second-order valence-corrected chi connectivity index (χ2v) is 7.63. The summed E-state index contributed by atoms with van der Waals surface area (Å²) in [5.74, 6) is -0.307. The number of sulfone groups is 1. The van der Waals surface area contributed by atoms with Gasteiger partial charge in [-0.15, -0.1) is 0 Å². The number of nitrogens with zero attached hydrogens (tertiary/aromatic N) is 3. The van der Waals surface area contributed by atoms with Gasteiger partial charge in [0.2, 0.25) is 0 Å². The number of nitriles is 1. The van der Waals surface area contributed by atoms with Crippen molar-refractivity contribution in [3.05, 3.63) is 16.2 Å². The Labute approximate surface area is 121 Å². The molecule has 0 amide bonds. The summed E-state index contributed by atoms with van der Waals surface area (Å²) in [4.78, 5) is 12.1. The van der Waals surface area contributed by atoms with Crippen molar-refractivity contribution in [2.75, 3.05) is 24.2 Å². The molecule has 1 unspecified atom stereocenters. The fraction of sp³-hybridized carbons (Fsp3) is 0.545. The van der Waals surface area contributed by atoms with E-state index in [-0.39, 0.29) is 20.8 Å². The quantitative estimate of drug-likeness (QED) is 0.587. The minimum absolute atomic E-state index is 0.0396. The average Bonchev–Trinajstić information content (AvgIpc) is 2.80. The van der Waals surface area contributed by atoms with Gasteiger partial charge in [-0.1, -0.05) is 11.3 Å². The Balaban J connectivity index is 3.31. The van der Waals surface area contributed by atoms with Crippen LogP contribution in [-0.2, 0) is 9.84 Å². The van der Waals surface area contributed by atoms with Gasteiger partial charge in [0, 0.05) is 25.4 Å². The third-order valence-corrected chi connectivity index (χ3v) is 5.60. The molecule has 1 aromatic rings. The molecule has 20 heavy (non-hydrogen) atoms. The molecule has 7 nitrogen and oxygen atoms in total. The van der Waals surface area contributed by atoms with Crippen molar-refractivity contribution in [3.63, 3.8) is 0 Å². The molecule has 9 heteroatoms. The van der Waals surface area contributed by atoms with Gasteiger partial charge in [0.25, 0.3) is 0 Å². The SMILES string of the molecule is CCN(CC(C)C#N)c1sc(S(C)(=O)=O)cc1[N+](=O)[O-]. The lowest BCUT2D eigenvalue weighted by atomic mass is 10.2. The molecule has 1 rings (SSSR count). The number of rotatable bonds is 6. The van der Waals surface area contributed by atoms with Crippen molar-refractivity contribution in [2.45, 2.75) is 18.1 Å². The lowest BCUT2D eigenvalue weighted by Gasteiger charge is -2.21. The van der Waals surface area contributed by atoms with E-state index in [1.165, 1.54) is 0 Å². The lowest BCUT2D eigenvalue weighted by molar-refractivity contribution is -0.383. The predicted octanol–water partition coefficient (Wildman–Crippen LogP) is 2.05. The van der Waals surface area contributed by atoms with Gasteiger partial charge in [-0.05, 0) is 13.8 Å². The van der Waals surface area contributed by atoms with Gasteiger partial charge in [0.15, 0.2) is 14.8 Å². The average molecular weight is 317 g/mol. The normalized spacial score (nSPS) is 12.7.